The van der Waals surface area contributed by atoms with Crippen molar-refractivity contribution in [2.45, 2.75) is 58.4 Å². The standard InChI is InChI=1S/C14H26N2O3/c1-3-5-6-12(13(17)18)15-14(19)16-9-7-11(4-2)8-10-16/h11-12H,3-10H2,1-2H3,(H,15,19)(H,17,18). The highest BCUT2D eigenvalue weighted by atomic mass is 16.4. The normalized spacial score (nSPS) is 18.1. The first-order valence-corrected chi connectivity index (χ1v) is 7.36. The molecule has 110 valence electrons. The molecule has 19 heavy (non-hydrogen) atoms. The first-order valence-electron chi connectivity index (χ1n) is 7.36. The van der Waals surface area contributed by atoms with Crippen molar-refractivity contribution in [3.05, 3.63) is 0 Å². The van der Waals surface area contributed by atoms with E-state index < -0.39 is 12.0 Å². The van der Waals surface area contributed by atoms with Crippen LogP contribution in [0.5, 0.6) is 0 Å². The van der Waals surface area contributed by atoms with E-state index in [4.69, 9.17) is 5.11 Å². The molecule has 2 amide bonds. The molecule has 1 saturated heterocycles. The molecule has 0 radical (unpaired) electrons. The van der Waals surface area contributed by atoms with Crippen LogP contribution in [-0.2, 0) is 4.79 Å². The highest BCUT2D eigenvalue weighted by molar-refractivity contribution is 5.82. The molecule has 1 aliphatic rings. The average Bonchev–Trinajstić information content (AvgIpc) is 2.43. The van der Waals surface area contributed by atoms with Gasteiger partial charge in [0.1, 0.15) is 6.04 Å². The minimum atomic E-state index is -0.940. The molecule has 0 aromatic carbocycles. The highest BCUT2D eigenvalue weighted by Crippen LogP contribution is 2.19. The molecule has 1 heterocycles. The molecule has 1 aliphatic heterocycles. The van der Waals surface area contributed by atoms with E-state index in [9.17, 15) is 9.59 Å². The largest absolute Gasteiger partial charge is 0.480 e. The summed E-state index contributed by atoms with van der Waals surface area (Å²) < 4.78 is 0. The molecular weight excluding hydrogens is 244 g/mol. The fourth-order valence-corrected chi connectivity index (χ4v) is 2.45. The van der Waals surface area contributed by atoms with Crippen molar-refractivity contribution in [2.24, 2.45) is 5.92 Å². The predicted octanol–water partition coefficient (Wildman–Crippen LogP) is 2.46. The molecule has 0 saturated carbocycles. The number of nitrogens with one attached hydrogen (secondary N) is 1. The lowest BCUT2D eigenvalue weighted by Gasteiger charge is -2.32. The van der Waals surface area contributed by atoms with Gasteiger partial charge < -0.3 is 15.3 Å². The zero-order valence-corrected chi connectivity index (χ0v) is 12.0. The Labute approximate surface area is 115 Å². The van der Waals surface area contributed by atoms with Crippen molar-refractivity contribution in [1.29, 1.82) is 0 Å². The Morgan fingerprint density at radius 3 is 2.42 bits per heavy atom. The topological polar surface area (TPSA) is 69.6 Å². The van der Waals surface area contributed by atoms with Gasteiger partial charge in [-0.1, -0.05) is 33.1 Å². The summed E-state index contributed by atoms with van der Waals surface area (Å²) in [5.41, 5.74) is 0. The molecule has 0 bridgehead atoms. The van der Waals surface area contributed by atoms with E-state index in [1.807, 2.05) is 6.92 Å². The van der Waals surface area contributed by atoms with E-state index in [1.54, 1.807) is 4.90 Å². The Bertz CT molecular complexity index is 299. The summed E-state index contributed by atoms with van der Waals surface area (Å²) in [4.78, 5) is 24.9. The van der Waals surface area contributed by atoms with Gasteiger partial charge in [-0.2, -0.15) is 0 Å². The molecule has 5 heteroatoms. The Kier molecular flexibility index (Phi) is 6.67. The van der Waals surface area contributed by atoms with E-state index in [0.717, 1.165) is 45.2 Å². The number of unbranched alkanes of at least 4 members (excludes halogenated alkanes) is 1. The van der Waals surface area contributed by atoms with E-state index in [-0.39, 0.29) is 6.03 Å². The summed E-state index contributed by atoms with van der Waals surface area (Å²) in [5.74, 6) is -0.232. The van der Waals surface area contributed by atoms with Crippen LogP contribution in [-0.4, -0.2) is 41.1 Å². The molecule has 0 aromatic heterocycles. The summed E-state index contributed by atoms with van der Waals surface area (Å²) in [7, 11) is 0. The van der Waals surface area contributed by atoms with Gasteiger partial charge >= 0.3 is 12.0 Å². The van der Waals surface area contributed by atoms with E-state index >= 15 is 0 Å². The predicted molar refractivity (Wildman–Crippen MR) is 74.1 cm³/mol. The van der Waals surface area contributed by atoms with Crippen LogP contribution < -0.4 is 5.32 Å². The second-order valence-corrected chi connectivity index (χ2v) is 5.32. The third kappa shape index (κ3) is 5.09. The van der Waals surface area contributed by atoms with Crippen LogP contribution in [0.3, 0.4) is 0 Å². The summed E-state index contributed by atoms with van der Waals surface area (Å²) in [6.07, 6.45) is 5.46. The number of hydrogen-bond acceptors (Lipinski definition) is 2. The Balaban J connectivity index is 2.42. The lowest BCUT2D eigenvalue weighted by atomic mass is 9.95. The number of piperidine rings is 1. The van der Waals surface area contributed by atoms with E-state index in [0.29, 0.717) is 12.3 Å². The van der Waals surface area contributed by atoms with Crippen LogP contribution in [0.2, 0.25) is 0 Å². The van der Waals surface area contributed by atoms with Crippen LogP contribution >= 0.6 is 0 Å². The van der Waals surface area contributed by atoms with Crippen molar-refractivity contribution >= 4 is 12.0 Å². The maximum Gasteiger partial charge on any atom is 0.326 e. The van der Waals surface area contributed by atoms with Gasteiger partial charge in [-0.05, 0) is 25.2 Å². The van der Waals surface area contributed by atoms with Gasteiger partial charge in [0, 0.05) is 13.1 Å². The molecule has 1 atom stereocenters. The number of rotatable bonds is 6. The van der Waals surface area contributed by atoms with Gasteiger partial charge in [-0.25, -0.2) is 9.59 Å². The van der Waals surface area contributed by atoms with E-state index in [2.05, 4.69) is 12.2 Å². The zero-order chi connectivity index (χ0) is 14.3. The molecule has 2 N–H and O–H groups in total. The van der Waals surface area contributed by atoms with Crippen molar-refractivity contribution in [3.63, 3.8) is 0 Å². The van der Waals surface area contributed by atoms with Crippen LogP contribution in [0.1, 0.15) is 52.4 Å². The molecular formula is C14H26N2O3. The van der Waals surface area contributed by atoms with Crippen LogP contribution in [0.25, 0.3) is 0 Å². The molecule has 1 unspecified atom stereocenters. The number of carboxylic acids is 1. The number of carboxylic acid groups (broad SMARTS) is 1. The number of hydrogen-bond donors (Lipinski definition) is 2. The van der Waals surface area contributed by atoms with Gasteiger partial charge in [0.25, 0.3) is 0 Å². The van der Waals surface area contributed by atoms with Gasteiger partial charge in [0.2, 0.25) is 0 Å². The minimum absolute atomic E-state index is 0.224. The summed E-state index contributed by atoms with van der Waals surface area (Å²) in [6, 6.07) is -0.977. The van der Waals surface area contributed by atoms with Gasteiger partial charge in [-0.15, -0.1) is 0 Å². The number of likely N-dealkylation sites (tertiary alicyclic amines) is 1. The van der Waals surface area contributed by atoms with Gasteiger partial charge in [0.05, 0.1) is 0 Å². The number of aliphatic carboxylic acids is 1. The molecule has 1 fully saturated rings. The smallest absolute Gasteiger partial charge is 0.326 e. The first-order chi connectivity index (χ1) is 9.08. The van der Waals surface area contributed by atoms with E-state index in [1.165, 1.54) is 0 Å². The SMILES string of the molecule is CCCCC(NC(=O)N1CCC(CC)CC1)C(=O)O. The fraction of sp³-hybridized carbons (Fsp3) is 0.857. The second kappa shape index (κ2) is 8.02. The minimum Gasteiger partial charge on any atom is -0.480 e. The summed E-state index contributed by atoms with van der Waals surface area (Å²) in [6.45, 7) is 5.66. The van der Waals surface area contributed by atoms with Crippen LogP contribution in [0.15, 0.2) is 0 Å². The van der Waals surface area contributed by atoms with Crippen molar-refractivity contribution in [3.8, 4) is 0 Å². The third-order valence-corrected chi connectivity index (χ3v) is 3.92. The Hall–Kier alpha value is -1.26. The van der Waals surface area contributed by atoms with Crippen LogP contribution in [0.4, 0.5) is 4.79 Å². The van der Waals surface area contributed by atoms with Crippen molar-refractivity contribution in [1.82, 2.24) is 10.2 Å². The average molecular weight is 270 g/mol. The lowest BCUT2D eigenvalue weighted by Crippen LogP contribution is -2.50. The number of urea groups is 1. The van der Waals surface area contributed by atoms with Gasteiger partial charge in [0.15, 0.2) is 0 Å². The van der Waals surface area contributed by atoms with Crippen molar-refractivity contribution < 1.29 is 14.7 Å². The number of carbonyl (C=O) groups is 2. The fourth-order valence-electron chi connectivity index (χ4n) is 2.45. The quantitative estimate of drug-likeness (QED) is 0.779. The number of amides is 2. The monoisotopic (exact) mass is 270 g/mol. The Morgan fingerprint density at radius 1 is 1.32 bits per heavy atom. The van der Waals surface area contributed by atoms with Crippen molar-refractivity contribution in [2.75, 3.05) is 13.1 Å². The molecule has 0 aromatic rings. The molecule has 5 nitrogen and oxygen atoms in total. The third-order valence-electron chi connectivity index (χ3n) is 3.92. The maximum absolute atomic E-state index is 12.0. The number of nitrogens with zero attached hydrogens (tertiary/aromatic N) is 1. The number of carbonyl (C=O) groups excluding carboxylic acids is 1. The van der Waals surface area contributed by atoms with Crippen LogP contribution in [0, 0.1) is 5.92 Å². The zero-order valence-electron chi connectivity index (χ0n) is 12.0. The summed E-state index contributed by atoms with van der Waals surface area (Å²) in [5, 5.41) is 11.7. The summed E-state index contributed by atoms with van der Waals surface area (Å²) >= 11 is 0. The maximum atomic E-state index is 12.0. The van der Waals surface area contributed by atoms with Gasteiger partial charge in [-0.3, -0.25) is 0 Å². The second-order valence-electron chi connectivity index (χ2n) is 5.32. The Morgan fingerprint density at radius 2 is 1.95 bits per heavy atom. The first kappa shape index (κ1) is 15.8. The highest BCUT2D eigenvalue weighted by Gasteiger charge is 2.25. The lowest BCUT2D eigenvalue weighted by molar-refractivity contribution is -0.139. The molecule has 0 aliphatic carbocycles. The molecule has 1 rings (SSSR count). The molecule has 0 spiro atoms.